The standard InChI is InChI=1S/C32H37N5O4S/c1-20-4-7-29(40-17-25-6-5-23(11-26(25)12-33)15-35-13-21(2)41-22(3)14-35)27(10-20)28-18-42-32(34-28)37-16-24-8-9-36(19-37)30(24)31(38)39/h4-7,10-11,18,21-22,24,30H,8-9,13-17,19H2,1-3H3,(H,38,39)/t21?,22?,24?,30-/m1/s1. The molecule has 9 nitrogen and oxygen atoms in total. The van der Waals surface area contributed by atoms with Crippen LogP contribution in [0.4, 0.5) is 5.13 Å². The summed E-state index contributed by atoms with van der Waals surface area (Å²) >= 11 is 1.57. The second kappa shape index (κ2) is 12.0. The molecule has 2 bridgehead atoms. The molecule has 10 heteroatoms. The molecule has 0 amide bonds. The highest BCUT2D eigenvalue weighted by atomic mass is 32.1. The van der Waals surface area contributed by atoms with Gasteiger partial charge in [0, 0.05) is 55.1 Å². The fourth-order valence-corrected chi connectivity index (χ4v) is 7.44. The van der Waals surface area contributed by atoms with Gasteiger partial charge in [0.1, 0.15) is 18.4 Å². The van der Waals surface area contributed by atoms with Crippen molar-refractivity contribution in [1.29, 1.82) is 5.26 Å². The van der Waals surface area contributed by atoms with Crippen molar-refractivity contribution in [3.8, 4) is 23.1 Å². The minimum absolute atomic E-state index is 0.114. The summed E-state index contributed by atoms with van der Waals surface area (Å²) in [5.41, 5.74) is 5.43. The lowest BCUT2D eigenvalue weighted by atomic mass is 9.99. The van der Waals surface area contributed by atoms with Crippen LogP contribution in [0.15, 0.2) is 41.8 Å². The molecule has 3 aliphatic rings. The number of morpholine rings is 1. The first-order valence-electron chi connectivity index (χ1n) is 14.6. The number of carbonyl (C=O) groups is 1. The molecule has 0 saturated carbocycles. The molecule has 0 radical (unpaired) electrons. The van der Waals surface area contributed by atoms with Gasteiger partial charge in [-0.25, -0.2) is 4.98 Å². The molecule has 1 N–H and O–H groups in total. The molecule has 3 aromatic rings. The Hall–Kier alpha value is -3.49. The van der Waals surface area contributed by atoms with Crippen molar-refractivity contribution in [3.05, 3.63) is 64.0 Å². The normalized spacial score (nSPS) is 25.8. The molecule has 2 aromatic carbocycles. The highest BCUT2D eigenvalue weighted by molar-refractivity contribution is 7.14. The molecule has 0 aliphatic carbocycles. The summed E-state index contributed by atoms with van der Waals surface area (Å²) in [7, 11) is 0. The maximum Gasteiger partial charge on any atom is 0.321 e. The van der Waals surface area contributed by atoms with Crippen LogP contribution in [0.1, 0.15) is 42.5 Å². The Labute approximate surface area is 250 Å². The van der Waals surface area contributed by atoms with Crippen molar-refractivity contribution < 1.29 is 19.4 Å². The minimum atomic E-state index is -0.728. The maximum atomic E-state index is 11.7. The van der Waals surface area contributed by atoms with E-state index < -0.39 is 12.0 Å². The molecule has 1 aromatic heterocycles. The molecular formula is C32H37N5O4S. The van der Waals surface area contributed by atoms with Gasteiger partial charge in [-0.2, -0.15) is 5.26 Å². The highest BCUT2D eigenvalue weighted by Gasteiger charge is 2.45. The summed E-state index contributed by atoms with van der Waals surface area (Å²) < 4.78 is 12.2. The van der Waals surface area contributed by atoms with Gasteiger partial charge in [0.05, 0.1) is 36.2 Å². The van der Waals surface area contributed by atoms with E-state index in [1.165, 1.54) is 0 Å². The smallest absolute Gasteiger partial charge is 0.321 e. The zero-order valence-corrected chi connectivity index (χ0v) is 25.1. The average Bonchev–Trinajstić information content (AvgIpc) is 3.55. The summed E-state index contributed by atoms with van der Waals surface area (Å²) in [6, 6.07) is 14.1. The number of aromatic nitrogens is 1. The van der Waals surface area contributed by atoms with Crippen molar-refractivity contribution >= 4 is 22.4 Å². The SMILES string of the molecule is Cc1ccc(OCc2ccc(CN3CC(C)OC(C)C3)cc2C#N)c(-c2csc(N3CC4CCN(C3)[C@H]4C(=O)O)n2)c1. The predicted molar refractivity (Wildman–Crippen MR) is 162 cm³/mol. The second-order valence-corrected chi connectivity index (χ2v) is 12.7. The number of aliphatic carboxylic acids is 1. The Kier molecular flexibility index (Phi) is 8.19. The first-order chi connectivity index (χ1) is 20.3. The third-order valence-corrected chi connectivity index (χ3v) is 9.34. The third-order valence-electron chi connectivity index (χ3n) is 8.44. The average molecular weight is 588 g/mol. The van der Waals surface area contributed by atoms with E-state index in [9.17, 15) is 15.2 Å². The van der Waals surface area contributed by atoms with Gasteiger partial charge >= 0.3 is 5.97 Å². The van der Waals surface area contributed by atoms with E-state index in [4.69, 9.17) is 14.5 Å². The molecule has 5 atom stereocenters. The number of aryl methyl sites for hydroxylation is 1. The van der Waals surface area contributed by atoms with Crippen LogP contribution in [0.2, 0.25) is 0 Å². The number of benzene rings is 2. The number of fused-ring (bicyclic) bond motifs is 2. The summed E-state index contributed by atoms with van der Waals surface area (Å²) in [5, 5.41) is 22.5. The third kappa shape index (κ3) is 6.01. The molecule has 0 spiro atoms. The van der Waals surface area contributed by atoms with E-state index >= 15 is 0 Å². The maximum absolute atomic E-state index is 11.7. The fraction of sp³-hybridized carbons (Fsp3) is 0.469. The zero-order chi connectivity index (χ0) is 29.4. The van der Waals surface area contributed by atoms with Gasteiger partial charge in [0.25, 0.3) is 0 Å². The quantitative estimate of drug-likeness (QED) is 0.401. The van der Waals surface area contributed by atoms with E-state index in [2.05, 4.69) is 41.8 Å². The van der Waals surface area contributed by atoms with Crippen molar-refractivity contribution in [3.63, 3.8) is 0 Å². The Morgan fingerprint density at radius 2 is 2.00 bits per heavy atom. The first-order valence-corrected chi connectivity index (χ1v) is 15.5. The van der Waals surface area contributed by atoms with Crippen LogP contribution in [-0.4, -0.2) is 77.0 Å². The van der Waals surface area contributed by atoms with Crippen LogP contribution in [0.3, 0.4) is 0 Å². The largest absolute Gasteiger partial charge is 0.488 e. The summed E-state index contributed by atoms with van der Waals surface area (Å²) in [6.45, 7) is 11.2. The van der Waals surface area contributed by atoms with Crippen LogP contribution in [-0.2, 0) is 22.7 Å². The predicted octanol–water partition coefficient (Wildman–Crippen LogP) is 4.73. The van der Waals surface area contributed by atoms with Gasteiger partial charge in [-0.15, -0.1) is 11.3 Å². The van der Waals surface area contributed by atoms with E-state index in [0.717, 1.165) is 71.4 Å². The summed E-state index contributed by atoms with van der Waals surface area (Å²) in [5.74, 6) is 0.104. The number of nitrogens with zero attached hydrogens (tertiary/aromatic N) is 5. The van der Waals surface area contributed by atoms with Gasteiger partial charge in [-0.1, -0.05) is 23.8 Å². The lowest BCUT2D eigenvalue weighted by molar-refractivity contribution is -0.144. The van der Waals surface area contributed by atoms with Crippen molar-refractivity contribution in [2.24, 2.45) is 5.92 Å². The Morgan fingerprint density at radius 1 is 1.19 bits per heavy atom. The van der Waals surface area contributed by atoms with E-state index in [1.54, 1.807) is 11.3 Å². The van der Waals surface area contributed by atoms with Crippen molar-refractivity contribution in [2.45, 2.75) is 58.6 Å². The molecule has 3 saturated heterocycles. The van der Waals surface area contributed by atoms with Crippen LogP contribution in [0.5, 0.6) is 5.75 Å². The number of hydrogen-bond donors (Lipinski definition) is 1. The molecule has 4 heterocycles. The summed E-state index contributed by atoms with van der Waals surface area (Å²) in [6.07, 6.45) is 1.30. The molecule has 4 unspecified atom stereocenters. The Balaban J connectivity index is 1.16. The zero-order valence-electron chi connectivity index (χ0n) is 24.3. The summed E-state index contributed by atoms with van der Waals surface area (Å²) in [4.78, 5) is 23.3. The molecule has 3 aliphatic heterocycles. The van der Waals surface area contributed by atoms with Crippen LogP contribution >= 0.6 is 11.3 Å². The molecule has 42 heavy (non-hydrogen) atoms. The lowest BCUT2D eigenvalue weighted by Crippen LogP contribution is -2.53. The Bertz CT molecular complexity index is 1480. The van der Waals surface area contributed by atoms with Gasteiger partial charge in [-0.05, 0) is 51.0 Å². The van der Waals surface area contributed by atoms with Gasteiger partial charge < -0.3 is 19.5 Å². The van der Waals surface area contributed by atoms with Crippen molar-refractivity contribution in [1.82, 2.24) is 14.8 Å². The molecule has 6 rings (SSSR count). The number of ether oxygens (including phenoxy) is 2. The van der Waals surface area contributed by atoms with E-state index in [1.807, 2.05) is 41.5 Å². The van der Waals surface area contributed by atoms with Gasteiger partial charge in [0.2, 0.25) is 0 Å². The van der Waals surface area contributed by atoms with Gasteiger partial charge in [0.15, 0.2) is 5.13 Å². The van der Waals surface area contributed by atoms with Crippen LogP contribution < -0.4 is 9.64 Å². The molecular weight excluding hydrogens is 550 g/mol. The number of carboxylic acid groups (broad SMARTS) is 1. The Morgan fingerprint density at radius 3 is 2.74 bits per heavy atom. The highest BCUT2D eigenvalue weighted by Crippen LogP contribution is 2.38. The van der Waals surface area contributed by atoms with Crippen molar-refractivity contribution in [2.75, 3.05) is 37.7 Å². The number of nitriles is 1. The fourth-order valence-electron chi connectivity index (χ4n) is 6.62. The number of anilines is 1. The van der Waals surface area contributed by atoms with Gasteiger partial charge in [-0.3, -0.25) is 14.6 Å². The van der Waals surface area contributed by atoms with Crippen LogP contribution in [0.25, 0.3) is 11.3 Å². The van der Waals surface area contributed by atoms with Crippen LogP contribution in [0, 0.1) is 24.2 Å². The number of carboxylic acids is 1. The number of hydrogen-bond acceptors (Lipinski definition) is 9. The van der Waals surface area contributed by atoms with E-state index in [0.29, 0.717) is 18.8 Å². The molecule has 220 valence electrons. The lowest BCUT2D eigenvalue weighted by Gasteiger charge is -2.37. The molecule has 3 fully saturated rings. The monoisotopic (exact) mass is 587 g/mol. The minimum Gasteiger partial charge on any atom is -0.488 e. The van der Waals surface area contributed by atoms with E-state index in [-0.39, 0.29) is 24.7 Å². The first kappa shape index (κ1) is 28.6. The second-order valence-electron chi connectivity index (χ2n) is 11.9. The number of rotatable bonds is 8. The number of thiazole rings is 1. The topological polar surface area (TPSA) is 102 Å².